The predicted molar refractivity (Wildman–Crippen MR) is 60.3 cm³/mol. The zero-order chi connectivity index (χ0) is 11.4. The van der Waals surface area contributed by atoms with E-state index in [1.54, 1.807) is 19.3 Å². The van der Waals surface area contributed by atoms with Crippen molar-refractivity contribution in [3.8, 4) is 0 Å². The quantitative estimate of drug-likeness (QED) is 0.741. The summed E-state index contributed by atoms with van der Waals surface area (Å²) in [6, 6.07) is 1.81. The summed E-state index contributed by atoms with van der Waals surface area (Å²) >= 11 is 0. The average Bonchev–Trinajstić information content (AvgIpc) is 2.18. The van der Waals surface area contributed by atoms with Crippen LogP contribution in [0.5, 0.6) is 0 Å². The largest absolute Gasteiger partial charge is 0.396 e. The fourth-order valence-corrected chi connectivity index (χ4v) is 1.35. The molecular weight excluding hydrogens is 192 g/mol. The minimum atomic E-state index is -0.311. The van der Waals surface area contributed by atoms with E-state index in [4.69, 9.17) is 11.5 Å². The second kappa shape index (κ2) is 4.63. The van der Waals surface area contributed by atoms with E-state index in [0.717, 1.165) is 5.69 Å². The van der Waals surface area contributed by atoms with Crippen LogP contribution in [-0.4, -0.2) is 24.5 Å². The van der Waals surface area contributed by atoms with Crippen molar-refractivity contribution in [1.29, 1.82) is 0 Å². The molecule has 1 aromatic rings. The Balaban J connectivity index is 2.73. The molecule has 1 heterocycles. The van der Waals surface area contributed by atoms with Crippen LogP contribution < -0.4 is 16.4 Å². The number of hydrogen-bond donors (Lipinski definition) is 2. The van der Waals surface area contributed by atoms with Gasteiger partial charge in [-0.1, -0.05) is 6.92 Å². The van der Waals surface area contributed by atoms with E-state index in [9.17, 15) is 4.79 Å². The zero-order valence-electron chi connectivity index (χ0n) is 8.97. The molecule has 0 aromatic carbocycles. The molecule has 1 amide bonds. The number of nitrogens with zero attached hydrogens (tertiary/aromatic N) is 2. The Bertz CT molecular complexity index is 353. The lowest BCUT2D eigenvalue weighted by molar-refractivity contribution is -0.121. The van der Waals surface area contributed by atoms with E-state index in [0.29, 0.717) is 12.2 Å². The Morgan fingerprint density at radius 2 is 2.33 bits per heavy atom. The van der Waals surface area contributed by atoms with Gasteiger partial charge in [-0.05, 0) is 6.07 Å². The fraction of sp³-hybridized carbons (Fsp3) is 0.400. The lowest BCUT2D eigenvalue weighted by Crippen LogP contribution is -2.32. The average molecular weight is 208 g/mol. The van der Waals surface area contributed by atoms with Crippen molar-refractivity contribution in [2.45, 2.75) is 6.92 Å². The summed E-state index contributed by atoms with van der Waals surface area (Å²) in [4.78, 5) is 16.7. The molecule has 1 atom stereocenters. The number of hydrogen-bond acceptors (Lipinski definition) is 4. The zero-order valence-corrected chi connectivity index (χ0v) is 8.97. The molecule has 0 spiro atoms. The van der Waals surface area contributed by atoms with E-state index in [-0.39, 0.29) is 11.8 Å². The molecule has 0 saturated carbocycles. The van der Waals surface area contributed by atoms with Crippen molar-refractivity contribution in [3.05, 3.63) is 18.5 Å². The molecule has 1 aromatic heterocycles. The molecule has 0 bridgehead atoms. The Labute approximate surface area is 89.1 Å². The van der Waals surface area contributed by atoms with Gasteiger partial charge in [-0.25, -0.2) is 0 Å². The lowest BCUT2D eigenvalue weighted by atomic mass is 10.1. The van der Waals surface area contributed by atoms with Gasteiger partial charge in [-0.3, -0.25) is 9.78 Å². The number of carbonyl (C=O) groups excluding carboxylic acids is 1. The third kappa shape index (κ3) is 2.83. The maximum absolute atomic E-state index is 10.9. The van der Waals surface area contributed by atoms with Crippen LogP contribution in [0.15, 0.2) is 18.5 Å². The van der Waals surface area contributed by atoms with Gasteiger partial charge in [0.25, 0.3) is 0 Å². The molecule has 0 radical (unpaired) electrons. The van der Waals surface area contributed by atoms with Gasteiger partial charge in [0.1, 0.15) is 0 Å². The molecule has 82 valence electrons. The van der Waals surface area contributed by atoms with Crippen LogP contribution in [-0.2, 0) is 4.79 Å². The second-order valence-corrected chi connectivity index (χ2v) is 3.62. The first-order chi connectivity index (χ1) is 7.02. The minimum Gasteiger partial charge on any atom is -0.396 e. The summed E-state index contributed by atoms with van der Waals surface area (Å²) in [6.45, 7) is 2.33. The smallest absolute Gasteiger partial charge is 0.222 e. The number of carbonyl (C=O) groups is 1. The highest BCUT2D eigenvalue weighted by atomic mass is 16.1. The number of anilines is 2. The predicted octanol–water partition coefficient (Wildman–Crippen LogP) is 0.221. The third-order valence-corrected chi connectivity index (χ3v) is 2.27. The van der Waals surface area contributed by atoms with Gasteiger partial charge in [-0.15, -0.1) is 0 Å². The molecular formula is C10H16N4O. The first-order valence-electron chi connectivity index (χ1n) is 4.72. The number of rotatable bonds is 4. The van der Waals surface area contributed by atoms with Gasteiger partial charge >= 0.3 is 0 Å². The van der Waals surface area contributed by atoms with Gasteiger partial charge in [0, 0.05) is 19.8 Å². The molecule has 0 aliphatic heterocycles. The summed E-state index contributed by atoms with van der Waals surface area (Å²) in [5, 5.41) is 0. The molecule has 0 aliphatic rings. The fourth-order valence-electron chi connectivity index (χ4n) is 1.35. The first kappa shape index (κ1) is 11.3. The van der Waals surface area contributed by atoms with Crippen molar-refractivity contribution in [3.63, 3.8) is 0 Å². The number of aromatic nitrogens is 1. The van der Waals surface area contributed by atoms with Crippen molar-refractivity contribution < 1.29 is 4.79 Å². The Morgan fingerprint density at radius 1 is 1.67 bits per heavy atom. The molecule has 5 nitrogen and oxygen atoms in total. The van der Waals surface area contributed by atoms with E-state index >= 15 is 0 Å². The van der Waals surface area contributed by atoms with Crippen LogP contribution >= 0.6 is 0 Å². The van der Waals surface area contributed by atoms with Gasteiger partial charge in [0.05, 0.1) is 23.5 Å². The summed E-state index contributed by atoms with van der Waals surface area (Å²) in [5.74, 6) is -0.517. The van der Waals surface area contributed by atoms with Gasteiger partial charge in [-0.2, -0.15) is 0 Å². The van der Waals surface area contributed by atoms with Crippen molar-refractivity contribution in [1.82, 2.24) is 4.98 Å². The summed E-state index contributed by atoms with van der Waals surface area (Å²) in [7, 11) is 1.87. The SMILES string of the molecule is CC(CN(C)c1ccncc1N)C(N)=O. The molecule has 0 aliphatic carbocycles. The number of nitrogens with two attached hydrogens (primary N) is 2. The Hall–Kier alpha value is -1.78. The molecule has 1 rings (SSSR count). The van der Waals surface area contributed by atoms with Crippen molar-refractivity contribution in [2.24, 2.45) is 11.7 Å². The van der Waals surface area contributed by atoms with Crippen LogP contribution in [0.4, 0.5) is 11.4 Å². The van der Waals surface area contributed by atoms with Gasteiger partial charge in [0.15, 0.2) is 0 Å². The van der Waals surface area contributed by atoms with Crippen LogP contribution in [0.3, 0.4) is 0 Å². The van der Waals surface area contributed by atoms with Gasteiger partial charge < -0.3 is 16.4 Å². The lowest BCUT2D eigenvalue weighted by Gasteiger charge is -2.22. The van der Waals surface area contributed by atoms with E-state index in [2.05, 4.69) is 4.98 Å². The van der Waals surface area contributed by atoms with E-state index in [1.165, 1.54) is 0 Å². The second-order valence-electron chi connectivity index (χ2n) is 3.62. The summed E-state index contributed by atoms with van der Waals surface area (Å²) < 4.78 is 0. The number of primary amides is 1. The molecule has 4 N–H and O–H groups in total. The standard InChI is InChI=1S/C10H16N4O/c1-7(10(12)15)6-14(2)9-3-4-13-5-8(9)11/h3-5,7H,6,11H2,1-2H3,(H2,12,15). The Kier molecular flexibility index (Phi) is 3.49. The molecule has 1 unspecified atom stereocenters. The molecule has 15 heavy (non-hydrogen) atoms. The van der Waals surface area contributed by atoms with Crippen LogP contribution in [0.2, 0.25) is 0 Å². The molecule has 5 heteroatoms. The molecule has 0 saturated heterocycles. The van der Waals surface area contributed by atoms with Crippen LogP contribution in [0.25, 0.3) is 0 Å². The maximum Gasteiger partial charge on any atom is 0.222 e. The topological polar surface area (TPSA) is 85.2 Å². The van der Waals surface area contributed by atoms with Crippen molar-refractivity contribution in [2.75, 3.05) is 24.2 Å². The highest BCUT2D eigenvalue weighted by molar-refractivity contribution is 5.77. The van der Waals surface area contributed by atoms with E-state index in [1.807, 2.05) is 18.0 Å². The highest BCUT2D eigenvalue weighted by Gasteiger charge is 2.13. The first-order valence-corrected chi connectivity index (χ1v) is 4.72. The number of pyridine rings is 1. The summed E-state index contributed by atoms with van der Waals surface area (Å²) in [5.41, 5.74) is 12.4. The summed E-state index contributed by atoms with van der Waals surface area (Å²) in [6.07, 6.45) is 3.25. The number of nitrogen functional groups attached to an aromatic ring is 1. The van der Waals surface area contributed by atoms with Crippen LogP contribution in [0.1, 0.15) is 6.92 Å². The minimum absolute atomic E-state index is 0.206. The third-order valence-electron chi connectivity index (χ3n) is 2.27. The number of amides is 1. The maximum atomic E-state index is 10.9. The highest BCUT2D eigenvalue weighted by Crippen LogP contribution is 2.20. The van der Waals surface area contributed by atoms with E-state index < -0.39 is 0 Å². The Morgan fingerprint density at radius 3 is 2.87 bits per heavy atom. The van der Waals surface area contributed by atoms with Crippen molar-refractivity contribution >= 4 is 17.3 Å². The normalized spacial score (nSPS) is 12.1. The van der Waals surface area contributed by atoms with Crippen LogP contribution in [0, 0.1) is 5.92 Å². The monoisotopic (exact) mass is 208 g/mol. The van der Waals surface area contributed by atoms with Gasteiger partial charge in [0.2, 0.25) is 5.91 Å². The molecule has 0 fully saturated rings.